The van der Waals surface area contributed by atoms with E-state index in [1.807, 2.05) is 0 Å². The Morgan fingerprint density at radius 2 is 2.06 bits per heavy atom. The fourth-order valence-electron chi connectivity index (χ4n) is 2.54. The molecule has 1 N–H and O–H groups in total. The molecule has 1 aromatic carbocycles. The topological polar surface area (TPSA) is 30.5 Å². The lowest BCUT2D eigenvalue weighted by molar-refractivity contribution is 0.349. The number of hydrogen-bond donors (Lipinski definition) is 1. The number of piperidine rings is 1. The maximum absolute atomic E-state index is 5.42. The van der Waals surface area contributed by atoms with Crippen LogP contribution in [0.4, 0.5) is 0 Å². The molecule has 0 radical (unpaired) electrons. The Morgan fingerprint density at radius 3 is 2.61 bits per heavy atom. The summed E-state index contributed by atoms with van der Waals surface area (Å²) in [4.78, 5) is 0. The first-order chi connectivity index (χ1) is 8.69. The van der Waals surface area contributed by atoms with Crippen molar-refractivity contribution in [2.75, 3.05) is 20.8 Å². The first-order valence-corrected chi connectivity index (χ1v) is 7.12. The van der Waals surface area contributed by atoms with Gasteiger partial charge in [0.15, 0.2) is 11.5 Å². The van der Waals surface area contributed by atoms with Crippen LogP contribution in [0.25, 0.3) is 0 Å². The highest BCUT2D eigenvalue weighted by molar-refractivity contribution is 9.10. The zero-order valence-corrected chi connectivity index (χ0v) is 12.8. The predicted octanol–water partition coefficient (Wildman–Crippen LogP) is 3.59. The average molecular weight is 314 g/mol. The molecule has 2 rings (SSSR count). The summed E-state index contributed by atoms with van der Waals surface area (Å²) in [6, 6.07) is 2.52. The second kappa shape index (κ2) is 5.93. The van der Waals surface area contributed by atoms with Gasteiger partial charge in [0.25, 0.3) is 0 Å². The molecule has 1 unspecified atom stereocenters. The lowest BCUT2D eigenvalue weighted by atomic mass is 9.93. The standard InChI is InChI=1S/C14H20BrNO2/c1-9-10(11-6-4-5-7-16-11)8-12(17-2)14(18-3)13(9)15/h8,11,16H,4-7H2,1-3H3. The first-order valence-electron chi connectivity index (χ1n) is 6.33. The van der Waals surface area contributed by atoms with Crippen molar-refractivity contribution in [3.8, 4) is 11.5 Å². The highest BCUT2D eigenvalue weighted by Gasteiger charge is 2.22. The molecule has 4 heteroatoms. The van der Waals surface area contributed by atoms with Crippen LogP contribution in [0.1, 0.15) is 36.4 Å². The van der Waals surface area contributed by atoms with Gasteiger partial charge < -0.3 is 14.8 Å². The van der Waals surface area contributed by atoms with Gasteiger partial charge in [0.05, 0.1) is 18.7 Å². The molecule has 0 spiro atoms. The minimum absolute atomic E-state index is 0.426. The van der Waals surface area contributed by atoms with Gasteiger partial charge in [-0.1, -0.05) is 6.42 Å². The van der Waals surface area contributed by atoms with Gasteiger partial charge in [-0.3, -0.25) is 0 Å². The van der Waals surface area contributed by atoms with Crippen LogP contribution in [0.15, 0.2) is 10.5 Å². The van der Waals surface area contributed by atoms with Crippen molar-refractivity contribution < 1.29 is 9.47 Å². The molecule has 1 atom stereocenters. The lowest BCUT2D eigenvalue weighted by Gasteiger charge is -2.27. The van der Waals surface area contributed by atoms with E-state index in [9.17, 15) is 0 Å². The zero-order chi connectivity index (χ0) is 13.1. The third kappa shape index (κ3) is 2.50. The van der Waals surface area contributed by atoms with Crippen LogP contribution in [-0.4, -0.2) is 20.8 Å². The van der Waals surface area contributed by atoms with Crippen LogP contribution in [0, 0.1) is 6.92 Å². The maximum Gasteiger partial charge on any atom is 0.175 e. The summed E-state index contributed by atoms with van der Waals surface area (Å²) in [6.07, 6.45) is 3.73. The van der Waals surface area contributed by atoms with Crippen LogP contribution in [0.3, 0.4) is 0 Å². The van der Waals surface area contributed by atoms with E-state index in [1.54, 1.807) is 14.2 Å². The molecule has 1 saturated heterocycles. The highest BCUT2D eigenvalue weighted by Crippen LogP contribution is 2.42. The molecule has 1 aliphatic heterocycles. The molecule has 100 valence electrons. The van der Waals surface area contributed by atoms with E-state index in [4.69, 9.17) is 9.47 Å². The molecule has 1 aromatic rings. The molecule has 1 fully saturated rings. The third-order valence-corrected chi connectivity index (χ3v) is 4.54. The van der Waals surface area contributed by atoms with E-state index in [0.717, 1.165) is 22.5 Å². The molecular formula is C14H20BrNO2. The summed E-state index contributed by atoms with van der Waals surface area (Å²) in [7, 11) is 3.35. The molecular weight excluding hydrogens is 294 g/mol. The minimum atomic E-state index is 0.426. The Bertz CT molecular complexity index is 428. The Morgan fingerprint density at radius 1 is 1.28 bits per heavy atom. The number of methoxy groups -OCH3 is 2. The Labute approximate surface area is 117 Å². The summed E-state index contributed by atoms with van der Waals surface area (Å²) in [5.41, 5.74) is 2.53. The van der Waals surface area contributed by atoms with Crippen molar-refractivity contribution in [3.05, 3.63) is 21.7 Å². The van der Waals surface area contributed by atoms with Crippen molar-refractivity contribution in [3.63, 3.8) is 0 Å². The quantitative estimate of drug-likeness (QED) is 0.925. The Balaban J connectivity index is 2.44. The fraction of sp³-hybridized carbons (Fsp3) is 0.571. The number of rotatable bonds is 3. The van der Waals surface area contributed by atoms with Crippen molar-refractivity contribution in [2.45, 2.75) is 32.2 Å². The second-order valence-electron chi connectivity index (χ2n) is 4.64. The predicted molar refractivity (Wildman–Crippen MR) is 76.6 cm³/mol. The van der Waals surface area contributed by atoms with Gasteiger partial charge in [-0.15, -0.1) is 0 Å². The lowest BCUT2D eigenvalue weighted by Crippen LogP contribution is -2.27. The van der Waals surface area contributed by atoms with E-state index in [1.165, 1.54) is 30.4 Å². The second-order valence-corrected chi connectivity index (χ2v) is 5.44. The van der Waals surface area contributed by atoms with E-state index in [0.29, 0.717) is 6.04 Å². The summed E-state index contributed by atoms with van der Waals surface area (Å²) in [6.45, 7) is 3.22. The average Bonchev–Trinajstić information content (AvgIpc) is 2.42. The SMILES string of the molecule is COc1cc(C2CCCCN2)c(C)c(Br)c1OC. The molecule has 0 amide bonds. The molecule has 0 bridgehead atoms. The van der Waals surface area contributed by atoms with Gasteiger partial charge in [0.1, 0.15) is 0 Å². The summed E-state index contributed by atoms with van der Waals surface area (Å²) in [5, 5.41) is 3.58. The largest absolute Gasteiger partial charge is 0.493 e. The Kier molecular flexibility index (Phi) is 4.51. The number of benzene rings is 1. The summed E-state index contributed by atoms with van der Waals surface area (Å²) < 4.78 is 11.8. The van der Waals surface area contributed by atoms with E-state index >= 15 is 0 Å². The van der Waals surface area contributed by atoms with Crippen LogP contribution >= 0.6 is 15.9 Å². The van der Waals surface area contributed by atoms with Gasteiger partial charge in [0.2, 0.25) is 0 Å². The van der Waals surface area contributed by atoms with Gasteiger partial charge in [-0.2, -0.15) is 0 Å². The van der Waals surface area contributed by atoms with E-state index in [2.05, 4.69) is 34.2 Å². The van der Waals surface area contributed by atoms with Gasteiger partial charge in [0, 0.05) is 6.04 Å². The molecule has 1 heterocycles. The minimum Gasteiger partial charge on any atom is -0.493 e. The van der Waals surface area contributed by atoms with Crippen molar-refractivity contribution in [2.24, 2.45) is 0 Å². The monoisotopic (exact) mass is 313 g/mol. The summed E-state index contributed by atoms with van der Waals surface area (Å²) >= 11 is 3.62. The Hall–Kier alpha value is -0.740. The fourth-order valence-corrected chi connectivity index (χ4v) is 3.13. The molecule has 0 saturated carbocycles. The smallest absolute Gasteiger partial charge is 0.175 e. The van der Waals surface area contributed by atoms with Gasteiger partial charge in [-0.25, -0.2) is 0 Å². The van der Waals surface area contributed by atoms with Crippen molar-refractivity contribution in [1.29, 1.82) is 0 Å². The number of hydrogen-bond acceptors (Lipinski definition) is 3. The van der Waals surface area contributed by atoms with Gasteiger partial charge in [-0.05, 0) is 59.4 Å². The molecule has 3 nitrogen and oxygen atoms in total. The van der Waals surface area contributed by atoms with Crippen LogP contribution in [-0.2, 0) is 0 Å². The molecule has 0 aliphatic carbocycles. The van der Waals surface area contributed by atoms with Gasteiger partial charge >= 0.3 is 0 Å². The maximum atomic E-state index is 5.42. The highest BCUT2D eigenvalue weighted by atomic mass is 79.9. The molecule has 1 aliphatic rings. The van der Waals surface area contributed by atoms with Crippen LogP contribution < -0.4 is 14.8 Å². The molecule has 0 aromatic heterocycles. The number of halogens is 1. The van der Waals surface area contributed by atoms with Crippen molar-refractivity contribution in [1.82, 2.24) is 5.32 Å². The number of ether oxygens (including phenoxy) is 2. The van der Waals surface area contributed by atoms with Crippen molar-refractivity contribution >= 4 is 15.9 Å². The van der Waals surface area contributed by atoms with E-state index in [-0.39, 0.29) is 0 Å². The summed E-state index contributed by atoms with van der Waals surface area (Å²) in [5.74, 6) is 1.56. The first kappa shape index (κ1) is 13.7. The number of nitrogens with one attached hydrogen (secondary N) is 1. The van der Waals surface area contributed by atoms with E-state index < -0.39 is 0 Å². The molecule has 18 heavy (non-hydrogen) atoms. The third-order valence-electron chi connectivity index (χ3n) is 3.58. The van der Waals surface area contributed by atoms with Crippen LogP contribution in [0.2, 0.25) is 0 Å². The normalized spacial score (nSPS) is 19.7. The van der Waals surface area contributed by atoms with Crippen LogP contribution in [0.5, 0.6) is 11.5 Å². The zero-order valence-electron chi connectivity index (χ0n) is 11.2.